The molecule has 5 rings (SSSR count). The van der Waals surface area contributed by atoms with Gasteiger partial charge in [0.2, 0.25) is 0 Å². The number of aryl methyl sites for hydroxylation is 2. The number of nitrogens with zero attached hydrogens (tertiary/aromatic N) is 4. The minimum atomic E-state index is -0.400. The number of aromatic amines is 1. The molecular weight excluding hydrogens is 419 g/mol. The van der Waals surface area contributed by atoms with E-state index in [0.29, 0.717) is 35.0 Å². The molecule has 0 radical (unpaired) electrons. The number of nitrogens with one attached hydrogen (secondary N) is 1. The second kappa shape index (κ2) is 7.40. The molecule has 0 saturated carbocycles. The Labute approximate surface area is 181 Å². The summed E-state index contributed by atoms with van der Waals surface area (Å²) < 4.78 is 19.6. The van der Waals surface area contributed by atoms with Crippen molar-refractivity contribution in [3.8, 4) is 17.1 Å². The van der Waals surface area contributed by atoms with E-state index in [1.54, 1.807) is 12.1 Å². The fourth-order valence-electron chi connectivity index (χ4n) is 4.11. The van der Waals surface area contributed by atoms with Gasteiger partial charge < -0.3 is 14.9 Å². The molecule has 9 heteroatoms. The van der Waals surface area contributed by atoms with Crippen molar-refractivity contribution in [1.82, 2.24) is 23.9 Å². The molecule has 158 valence electrons. The van der Waals surface area contributed by atoms with E-state index < -0.39 is 5.69 Å². The predicted molar refractivity (Wildman–Crippen MR) is 120 cm³/mol. The van der Waals surface area contributed by atoms with Crippen LogP contribution >= 0.6 is 11.6 Å². The molecule has 31 heavy (non-hydrogen) atoms. The van der Waals surface area contributed by atoms with Gasteiger partial charge in [0, 0.05) is 52.9 Å². The predicted octanol–water partition coefficient (Wildman–Crippen LogP) is 3.82. The van der Waals surface area contributed by atoms with Crippen LogP contribution in [-0.2, 0) is 13.6 Å². The highest BCUT2D eigenvalue weighted by molar-refractivity contribution is 6.31. The van der Waals surface area contributed by atoms with Gasteiger partial charge in [0.1, 0.15) is 5.82 Å². The summed E-state index contributed by atoms with van der Waals surface area (Å²) in [4.78, 5) is 12.9. The van der Waals surface area contributed by atoms with E-state index in [0.717, 1.165) is 28.4 Å². The van der Waals surface area contributed by atoms with Crippen molar-refractivity contribution < 1.29 is 4.39 Å². The lowest BCUT2D eigenvalue weighted by Gasteiger charge is -2.04. The normalized spacial score (nSPS) is 11.7. The van der Waals surface area contributed by atoms with Crippen LogP contribution in [0.4, 0.5) is 4.39 Å². The van der Waals surface area contributed by atoms with Gasteiger partial charge in [-0.3, -0.25) is 0 Å². The lowest BCUT2D eigenvalue weighted by molar-refractivity contribution is 0.629. The maximum absolute atomic E-state index is 14.1. The first-order chi connectivity index (χ1) is 15.0. The third-order valence-electron chi connectivity index (χ3n) is 5.53. The number of nitrogens with two attached hydrogens (primary N) is 1. The molecule has 0 fully saturated rings. The average molecular weight is 439 g/mol. The van der Waals surface area contributed by atoms with Gasteiger partial charge in [0.15, 0.2) is 5.82 Å². The summed E-state index contributed by atoms with van der Waals surface area (Å²) in [6.45, 7) is 1.19. The van der Waals surface area contributed by atoms with Gasteiger partial charge >= 0.3 is 5.69 Å². The van der Waals surface area contributed by atoms with Crippen molar-refractivity contribution in [3.63, 3.8) is 0 Å². The molecule has 3 aromatic heterocycles. The lowest BCUT2D eigenvalue weighted by atomic mass is 10.1. The Kier molecular flexibility index (Phi) is 4.68. The summed E-state index contributed by atoms with van der Waals surface area (Å²) in [5.74, 6) is 0.0725. The van der Waals surface area contributed by atoms with E-state index in [1.807, 2.05) is 40.7 Å². The maximum atomic E-state index is 14.1. The number of benzene rings is 2. The van der Waals surface area contributed by atoms with Gasteiger partial charge in [-0.25, -0.2) is 18.9 Å². The minimum absolute atomic E-state index is 0.372. The minimum Gasteiger partial charge on any atom is -0.350 e. The number of aromatic nitrogens is 5. The third-order valence-corrected chi connectivity index (χ3v) is 5.77. The smallest absolute Gasteiger partial charge is 0.348 e. The van der Waals surface area contributed by atoms with Crippen LogP contribution in [0, 0.1) is 5.82 Å². The van der Waals surface area contributed by atoms with Crippen LogP contribution in [0.2, 0.25) is 5.02 Å². The lowest BCUT2D eigenvalue weighted by Crippen LogP contribution is -2.15. The first-order valence-electron chi connectivity index (χ1n) is 9.89. The Morgan fingerprint density at radius 3 is 2.77 bits per heavy atom. The standard InChI is InChI=1S/C22H20ClFN6O/c1-28-11-17(15-5-3-13(23)9-19(15)28)21-26-27-22(31)30(21)20-12-29(8-2-7-25)18-6-4-14(24)10-16(18)20/h3-6,9-12H,2,7-8,25H2,1H3,(H,27,31). The van der Waals surface area contributed by atoms with Crippen molar-refractivity contribution in [2.24, 2.45) is 12.8 Å². The molecule has 0 bridgehead atoms. The maximum Gasteiger partial charge on any atom is 0.348 e. The van der Waals surface area contributed by atoms with Crippen LogP contribution in [0.1, 0.15) is 6.42 Å². The van der Waals surface area contributed by atoms with Crippen molar-refractivity contribution in [1.29, 1.82) is 0 Å². The molecule has 0 aliphatic rings. The molecule has 3 heterocycles. The average Bonchev–Trinajstić information content (AvgIpc) is 3.39. The molecule has 0 aliphatic carbocycles. The number of fused-ring (bicyclic) bond motifs is 2. The highest BCUT2D eigenvalue weighted by Crippen LogP contribution is 2.33. The quantitative estimate of drug-likeness (QED) is 0.437. The Hall–Kier alpha value is -3.36. The van der Waals surface area contributed by atoms with Crippen molar-refractivity contribution >= 4 is 33.4 Å². The number of H-pyrrole nitrogens is 1. The molecule has 7 nitrogen and oxygen atoms in total. The molecule has 0 saturated heterocycles. The van der Waals surface area contributed by atoms with E-state index in [2.05, 4.69) is 10.2 Å². The highest BCUT2D eigenvalue weighted by Gasteiger charge is 2.21. The summed E-state index contributed by atoms with van der Waals surface area (Å²) in [7, 11) is 1.91. The third kappa shape index (κ3) is 3.15. The van der Waals surface area contributed by atoms with Crippen LogP contribution in [0.3, 0.4) is 0 Å². The molecular formula is C22H20ClFN6O. The Balaban J connectivity index is 1.78. The Morgan fingerprint density at radius 1 is 1.13 bits per heavy atom. The van der Waals surface area contributed by atoms with Gasteiger partial charge in [-0.05, 0) is 43.3 Å². The molecule has 0 aliphatic heterocycles. The van der Waals surface area contributed by atoms with Gasteiger partial charge in [0.25, 0.3) is 0 Å². The molecule has 3 N–H and O–H groups in total. The summed E-state index contributed by atoms with van der Waals surface area (Å²) in [6, 6.07) is 10.1. The van der Waals surface area contributed by atoms with Crippen LogP contribution in [0.15, 0.2) is 53.6 Å². The van der Waals surface area contributed by atoms with Crippen LogP contribution < -0.4 is 11.4 Å². The van der Waals surface area contributed by atoms with E-state index >= 15 is 0 Å². The first kappa shape index (κ1) is 19.6. The molecule has 0 atom stereocenters. The Morgan fingerprint density at radius 2 is 1.97 bits per heavy atom. The zero-order valence-corrected chi connectivity index (χ0v) is 17.5. The van der Waals surface area contributed by atoms with Crippen LogP contribution in [0.5, 0.6) is 0 Å². The molecule has 0 amide bonds. The van der Waals surface area contributed by atoms with E-state index in [4.69, 9.17) is 17.3 Å². The van der Waals surface area contributed by atoms with E-state index in [1.165, 1.54) is 16.7 Å². The molecule has 2 aromatic carbocycles. The van der Waals surface area contributed by atoms with Gasteiger partial charge in [-0.1, -0.05) is 17.7 Å². The molecule has 0 spiro atoms. The van der Waals surface area contributed by atoms with Gasteiger partial charge in [-0.2, -0.15) is 5.10 Å². The largest absolute Gasteiger partial charge is 0.350 e. The van der Waals surface area contributed by atoms with Crippen LogP contribution in [0.25, 0.3) is 38.9 Å². The molecule has 5 aromatic rings. The fraction of sp³-hybridized carbons (Fsp3) is 0.182. The van der Waals surface area contributed by atoms with Crippen LogP contribution in [-0.4, -0.2) is 30.4 Å². The zero-order chi connectivity index (χ0) is 21.7. The van der Waals surface area contributed by atoms with Gasteiger partial charge in [0.05, 0.1) is 11.2 Å². The zero-order valence-electron chi connectivity index (χ0n) is 16.8. The second-order valence-corrected chi connectivity index (χ2v) is 7.95. The van der Waals surface area contributed by atoms with Crippen molar-refractivity contribution in [2.45, 2.75) is 13.0 Å². The van der Waals surface area contributed by atoms with E-state index in [9.17, 15) is 9.18 Å². The summed E-state index contributed by atoms with van der Waals surface area (Å²) in [6.07, 6.45) is 4.52. The fourth-order valence-corrected chi connectivity index (χ4v) is 4.28. The SMILES string of the molecule is Cn1cc(-c2n[nH]c(=O)n2-c2cn(CCCN)c3ccc(F)cc23)c2ccc(Cl)cc21. The van der Waals surface area contributed by atoms with Gasteiger partial charge in [-0.15, -0.1) is 0 Å². The van der Waals surface area contributed by atoms with E-state index in [-0.39, 0.29) is 5.82 Å². The van der Waals surface area contributed by atoms with Crippen molar-refractivity contribution in [3.05, 3.63) is 70.1 Å². The number of hydrogen-bond donors (Lipinski definition) is 2. The number of hydrogen-bond acceptors (Lipinski definition) is 3. The number of halogens is 2. The monoisotopic (exact) mass is 438 g/mol. The number of rotatable bonds is 5. The Bertz CT molecular complexity index is 1490. The molecule has 0 unspecified atom stereocenters. The second-order valence-electron chi connectivity index (χ2n) is 7.51. The highest BCUT2D eigenvalue weighted by atomic mass is 35.5. The topological polar surface area (TPSA) is 86.6 Å². The van der Waals surface area contributed by atoms with Crippen molar-refractivity contribution in [2.75, 3.05) is 6.54 Å². The first-order valence-corrected chi connectivity index (χ1v) is 10.3. The summed E-state index contributed by atoms with van der Waals surface area (Å²) >= 11 is 6.16. The summed E-state index contributed by atoms with van der Waals surface area (Å²) in [5.41, 5.74) is 8.36. The summed E-state index contributed by atoms with van der Waals surface area (Å²) in [5, 5.41) is 9.02.